The van der Waals surface area contributed by atoms with Crippen molar-refractivity contribution in [3.63, 3.8) is 0 Å². The van der Waals surface area contributed by atoms with Gasteiger partial charge in [0, 0.05) is 12.5 Å². The van der Waals surface area contributed by atoms with E-state index in [0.29, 0.717) is 5.69 Å². The van der Waals surface area contributed by atoms with E-state index in [2.05, 4.69) is 15.3 Å². The molecule has 1 rings (SSSR count). The zero-order valence-electron chi connectivity index (χ0n) is 10.9. The fraction of sp³-hybridized carbons (Fsp3) is 0.545. The molecule has 1 N–H and O–H groups in total. The van der Waals surface area contributed by atoms with E-state index in [1.54, 1.807) is 26.8 Å². The van der Waals surface area contributed by atoms with Gasteiger partial charge in [0.25, 0.3) is 0 Å². The number of rotatable bonds is 3. The molecule has 1 aromatic heterocycles. The Morgan fingerprint density at radius 2 is 2.17 bits per heavy atom. The molecular weight excluding hydrogens is 254 g/mol. The van der Waals surface area contributed by atoms with Gasteiger partial charge in [-0.25, -0.2) is 14.8 Å². The molecule has 0 bridgehead atoms. The largest absolute Gasteiger partial charge is 0.444 e. The molecule has 0 saturated carbocycles. The molecule has 0 radical (unpaired) electrons. The second kappa shape index (κ2) is 5.90. The van der Waals surface area contributed by atoms with Gasteiger partial charge in [0.15, 0.2) is 0 Å². The lowest BCUT2D eigenvalue weighted by molar-refractivity contribution is 0.0523. The number of nitrogens with zero attached hydrogens (tertiary/aromatic N) is 2. The van der Waals surface area contributed by atoms with Crippen molar-refractivity contribution in [1.29, 1.82) is 0 Å². The summed E-state index contributed by atoms with van der Waals surface area (Å²) in [6.45, 7) is 5.57. The molecule has 7 heteroatoms. The Kier molecular flexibility index (Phi) is 4.77. The van der Waals surface area contributed by atoms with E-state index < -0.39 is 22.5 Å². The monoisotopic (exact) mass is 271 g/mol. The Hall–Kier alpha value is -1.50. The summed E-state index contributed by atoms with van der Waals surface area (Å²) in [5, 5.41) is 2.82. The number of alkyl carbamates (subject to hydrolysis) is 1. The molecule has 1 atom stereocenters. The number of carbonyl (C=O) groups is 1. The number of ether oxygens (including phenoxy) is 1. The van der Waals surface area contributed by atoms with Gasteiger partial charge in [-0.05, 0) is 26.8 Å². The zero-order chi connectivity index (χ0) is 13.8. The van der Waals surface area contributed by atoms with E-state index >= 15 is 0 Å². The fourth-order valence-electron chi connectivity index (χ4n) is 1.09. The average molecular weight is 271 g/mol. The van der Waals surface area contributed by atoms with Crippen molar-refractivity contribution < 1.29 is 13.7 Å². The first-order valence-electron chi connectivity index (χ1n) is 5.40. The Morgan fingerprint density at radius 3 is 2.72 bits per heavy atom. The quantitative estimate of drug-likeness (QED) is 0.836. The van der Waals surface area contributed by atoms with Crippen LogP contribution in [0.25, 0.3) is 0 Å². The molecule has 1 amide bonds. The SMILES string of the molecule is C[S@](=O)c1nccc(CNC(=O)OC(C)(C)C)n1. The first kappa shape index (κ1) is 14.6. The third-order valence-electron chi connectivity index (χ3n) is 1.76. The van der Waals surface area contributed by atoms with Gasteiger partial charge in [0.2, 0.25) is 5.16 Å². The summed E-state index contributed by atoms with van der Waals surface area (Å²) >= 11 is 0. The summed E-state index contributed by atoms with van der Waals surface area (Å²) in [6, 6.07) is 1.65. The number of hydrogen-bond donors (Lipinski definition) is 1. The number of nitrogens with one attached hydrogen (secondary N) is 1. The highest BCUT2D eigenvalue weighted by atomic mass is 32.2. The van der Waals surface area contributed by atoms with Gasteiger partial charge in [-0.2, -0.15) is 0 Å². The third kappa shape index (κ3) is 5.22. The summed E-state index contributed by atoms with van der Waals surface area (Å²) in [5.41, 5.74) is 0.0484. The zero-order valence-corrected chi connectivity index (χ0v) is 11.7. The second-order valence-corrected chi connectivity index (χ2v) is 5.91. The summed E-state index contributed by atoms with van der Waals surface area (Å²) in [5.74, 6) is 0. The highest BCUT2D eigenvalue weighted by molar-refractivity contribution is 7.84. The van der Waals surface area contributed by atoms with Crippen molar-refractivity contribution in [2.24, 2.45) is 0 Å². The molecule has 1 heterocycles. The summed E-state index contributed by atoms with van der Waals surface area (Å²) in [7, 11) is -1.24. The molecular formula is C11H17N3O3S. The number of aromatic nitrogens is 2. The standard InChI is InChI=1S/C11H17N3O3S/c1-11(2,3)17-10(15)13-7-8-5-6-12-9(14-8)18(4)16/h5-6H,7H2,1-4H3,(H,13,15)/t18-/m0/s1. The van der Waals surface area contributed by atoms with Crippen LogP contribution in [0.1, 0.15) is 26.5 Å². The van der Waals surface area contributed by atoms with E-state index in [1.807, 2.05) is 0 Å². The van der Waals surface area contributed by atoms with Gasteiger partial charge < -0.3 is 10.1 Å². The van der Waals surface area contributed by atoms with Crippen LogP contribution in [-0.2, 0) is 22.1 Å². The van der Waals surface area contributed by atoms with Crippen molar-refractivity contribution in [1.82, 2.24) is 15.3 Å². The summed E-state index contributed by atoms with van der Waals surface area (Å²) in [4.78, 5) is 19.3. The van der Waals surface area contributed by atoms with Gasteiger partial charge in [-0.1, -0.05) is 0 Å². The lowest BCUT2D eigenvalue weighted by Crippen LogP contribution is -2.32. The third-order valence-corrected chi connectivity index (χ3v) is 2.47. The maximum atomic E-state index is 11.4. The maximum absolute atomic E-state index is 11.4. The molecule has 0 aromatic carbocycles. The van der Waals surface area contributed by atoms with Crippen molar-refractivity contribution in [2.75, 3.05) is 6.26 Å². The second-order valence-electron chi connectivity index (χ2n) is 4.64. The van der Waals surface area contributed by atoms with Crippen LogP contribution in [-0.4, -0.2) is 32.1 Å². The predicted octanol–water partition coefficient (Wildman–Crippen LogP) is 1.24. The van der Waals surface area contributed by atoms with Crippen LogP contribution in [0.2, 0.25) is 0 Å². The maximum Gasteiger partial charge on any atom is 0.407 e. The minimum atomic E-state index is -1.24. The molecule has 0 spiro atoms. The van der Waals surface area contributed by atoms with Gasteiger partial charge in [-0.15, -0.1) is 0 Å². The van der Waals surface area contributed by atoms with Crippen LogP contribution in [0.5, 0.6) is 0 Å². The Morgan fingerprint density at radius 1 is 1.50 bits per heavy atom. The summed E-state index contributed by atoms with van der Waals surface area (Å²) < 4.78 is 16.3. The number of carbonyl (C=O) groups excluding carboxylic acids is 1. The topological polar surface area (TPSA) is 81.2 Å². The first-order chi connectivity index (χ1) is 8.28. The van der Waals surface area contributed by atoms with Crippen LogP contribution in [0, 0.1) is 0 Å². The van der Waals surface area contributed by atoms with E-state index in [1.165, 1.54) is 12.5 Å². The molecule has 1 aromatic rings. The van der Waals surface area contributed by atoms with E-state index in [0.717, 1.165) is 0 Å². The van der Waals surface area contributed by atoms with E-state index in [-0.39, 0.29) is 11.7 Å². The van der Waals surface area contributed by atoms with Crippen LogP contribution in [0.15, 0.2) is 17.4 Å². The highest BCUT2D eigenvalue weighted by Crippen LogP contribution is 2.06. The minimum absolute atomic E-state index is 0.210. The summed E-state index contributed by atoms with van der Waals surface area (Å²) in [6.07, 6.45) is 2.50. The fourth-order valence-corrected chi connectivity index (χ4v) is 1.55. The van der Waals surface area contributed by atoms with Crippen LogP contribution in [0.4, 0.5) is 4.79 Å². The Bertz CT molecular complexity index is 457. The van der Waals surface area contributed by atoms with Gasteiger partial charge in [0.05, 0.1) is 23.0 Å². The lowest BCUT2D eigenvalue weighted by atomic mass is 10.2. The van der Waals surface area contributed by atoms with Crippen LogP contribution >= 0.6 is 0 Å². The molecule has 0 unspecified atom stereocenters. The van der Waals surface area contributed by atoms with Crippen molar-refractivity contribution >= 4 is 16.9 Å². The van der Waals surface area contributed by atoms with Crippen LogP contribution < -0.4 is 5.32 Å². The van der Waals surface area contributed by atoms with Gasteiger partial charge in [-0.3, -0.25) is 4.21 Å². The van der Waals surface area contributed by atoms with Crippen molar-refractivity contribution in [2.45, 2.75) is 38.1 Å². The number of hydrogen-bond acceptors (Lipinski definition) is 5. The molecule has 0 aliphatic rings. The number of amides is 1. The van der Waals surface area contributed by atoms with Crippen LogP contribution in [0.3, 0.4) is 0 Å². The molecule has 6 nitrogen and oxygen atoms in total. The normalized spacial score (nSPS) is 12.9. The smallest absolute Gasteiger partial charge is 0.407 e. The molecule has 18 heavy (non-hydrogen) atoms. The molecule has 0 fully saturated rings. The van der Waals surface area contributed by atoms with E-state index in [4.69, 9.17) is 4.74 Å². The van der Waals surface area contributed by atoms with Gasteiger partial charge >= 0.3 is 6.09 Å². The van der Waals surface area contributed by atoms with Crippen molar-refractivity contribution in [3.8, 4) is 0 Å². The first-order valence-corrected chi connectivity index (χ1v) is 6.96. The molecule has 0 saturated heterocycles. The Balaban J connectivity index is 2.56. The predicted molar refractivity (Wildman–Crippen MR) is 67.4 cm³/mol. The van der Waals surface area contributed by atoms with Crippen molar-refractivity contribution in [3.05, 3.63) is 18.0 Å². The molecule has 0 aliphatic carbocycles. The minimum Gasteiger partial charge on any atom is -0.444 e. The highest BCUT2D eigenvalue weighted by Gasteiger charge is 2.15. The van der Waals surface area contributed by atoms with Gasteiger partial charge in [0.1, 0.15) is 5.60 Å². The van der Waals surface area contributed by atoms with E-state index in [9.17, 15) is 9.00 Å². The average Bonchev–Trinajstić information content (AvgIpc) is 2.24. The Labute approximate surface area is 109 Å². The molecule has 100 valence electrons. The lowest BCUT2D eigenvalue weighted by Gasteiger charge is -2.19. The molecule has 0 aliphatic heterocycles.